The molecule has 1 N–H and O–H groups in total. The highest BCUT2D eigenvalue weighted by atomic mass is 35.5. The monoisotopic (exact) mass is 379 g/mol. The number of aromatic nitrogens is 2. The zero-order valence-corrected chi connectivity index (χ0v) is 16.9. The zero-order chi connectivity index (χ0) is 19.3. The van der Waals surface area contributed by atoms with Crippen LogP contribution in [0.3, 0.4) is 0 Å². The molecule has 6 nitrogen and oxygen atoms in total. The number of nitrogens with zero attached hydrogens (tertiary/aromatic N) is 2. The largest absolute Gasteiger partial charge is 0.496 e. The van der Waals surface area contributed by atoms with E-state index in [1.54, 1.807) is 33.5 Å². The van der Waals surface area contributed by atoms with Crippen LogP contribution in [-0.2, 0) is 0 Å². The number of ether oxygens (including phenoxy) is 3. The van der Waals surface area contributed by atoms with Crippen molar-refractivity contribution in [3.05, 3.63) is 22.8 Å². The Labute approximate surface area is 159 Å². The Morgan fingerprint density at radius 2 is 1.58 bits per heavy atom. The molecule has 142 valence electrons. The van der Waals surface area contributed by atoms with E-state index in [2.05, 4.69) is 24.1 Å². The van der Waals surface area contributed by atoms with Gasteiger partial charge in [-0.15, -0.1) is 0 Å². The third-order valence-corrected chi connectivity index (χ3v) is 4.48. The van der Waals surface area contributed by atoms with Gasteiger partial charge >= 0.3 is 0 Å². The van der Waals surface area contributed by atoms with Crippen molar-refractivity contribution in [1.29, 1.82) is 0 Å². The van der Waals surface area contributed by atoms with E-state index in [4.69, 9.17) is 30.8 Å². The topological polar surface area (TPSA) is 65.5 Å². The van der Waals surface area contributed by atoms with Crippen molar-refractivity contribution >= 4 is 17.4 Å². The number of hydrogen-bond acceptors (Lipinski definition) is 6. The van der Waals surface area contributed by atoms with Crippen LogP contribution in [0, 0.1) is 6.92 Å². The minimum atomic E-state index is 0.332. The van der Waals surface area contributed by atoms with Crippen molar-refractivity contribution in [2.24, 2.45) is 0 Å². The highest BCUT2D eigenvalue weighted by Crippen LogP contribution is 2.43. The number of rotatable bonds is 8. The number of aryl methyl sites for hydroxylation is 1. The van der Waals surface area contributed by atoms with Gasteiger partial charge in [0.2, 0.25) is 5.88 Å². The average Bonchev–Trinajstić information content (AvgIpc) is 2.65. The predicted octanol–water partition coefficient (Wildman–Crippen LogP) is 4.73. The van der Waals surface area contributed by atoms with Crippen molar-refractivity contribution in [2.75, 3.05) is 26.6 Å². The van der Waals surface area contributed by atoms with Crippen molar-refractivity contribution in [1.82, 2.24) is 9.97 Å². The van der Waals surface area contributed by atoms with Crippen molar-refractivity contribution in [3.8, 4) is 28.6 Å². The highest BCUT2D eigenvalue weighted by molar-refractivity contribution is 6.31. The van der Waals surface area contributed by atoms with Crippen LogP contribution in [0.25, 0.3) is 11.3 Å². The van der Waals surface area contributed by atoms with E-state index in [0.29, 0.717) is 45.5 Å². The van der Waals surface area contributed by atoms with Gasteiger partial charge in [0.25, 0.3) is 0 Å². The molecule has 0 fully saturated rings. The molecule has 1 aromatic carbocycles. The Balaban J connectivity index is 2.63. The first-order valence-electron chi connectivity index (χ1n) is 8.59. The first-order valence-corrected chi connectivity index (χ1v) is 8.97. The van der Waals surface area contributed by atoms with Gasteiger partial charge in [0.05, 0.1) is 32.6 Å². The minimum Gasteiger partial charge on any atom is -0.496 e. The van der Waals surface area contributed by atoms with Gasteiger partial charge in [-0.1, -0.05) is 25.4 Å². The van der Waals surface area contributed by atoms with Gasteiger partial charge < -0.3 is 19.5 Å². The van der Waals surface area contributed by atoms with E-state index in [9.17, 15) is 0 Å². The Morgan fingerprint density at radius 1 is 1.00 bits per heavy atom. The maximum Gasteiger partial charge on any atom is 0.242 e. The van der Waals surface area contributed by atoms with E-state index < -0.39 is 0 Å². The van der Waals surface area contributed by atoms with Gasteiger partial charge in [-0.05, 0) is 31.9 Å². The van der Waals surface area contributed by atoms with E-state index >= 15 is 0 Å². The first kappa shape index (κ1) is 20.1. The highest BCUT2D eigenvalue weighted by Gasteiger charge is 2.22. The summed E-state index contributed by atoms with van der Waals surface area (Å²) in [5.41, 5.74) is 1.97. The number of nitrogens with one attached hydrogen (secondary N) is 1. The summed E-state index contributed by atoms with van der Waals surface area (Å²) in [7, 11) is 4.72. The number of benzene rings is 1. The third-order valence-electron chi connectivity index (χ3n) is 4.27. The number of methoxy groups -OCH3 is 3. The molecule has 7 heteroatoms. The fourth-order valence-corrected chi connectivity index (χ4v) is 2.94. The maximum atomic E-state index is 6.15. The molecule has 0 saturated heterocycles. The van der Waals surface area contributed by atoms with Gasteiger partial charge in [-0.25, -0.2) is 4.98 Å². The molecule has 0 aliphatic rings. The third kappa shape index (κ3) is 4.12. The lowest BCUT2D eigenvalue weighted by molar-refractivity contribution is 0.388. The fourth-order valence-electron chi connectivity index (χ4n) is 2.75. The molecule has 0 aliphatic carbocycles. The standard InChI is InChI=1S/C19H26ClN3O3/c1-7-13(8-2)22-18-11(3)21-17(19(23-18)26-6)16-14(24-4)9-12(20)10-15(16)25-5/h9-10,13H,7-8H2,1-6H3,(H,22,23). The van der Waals surface area contributed by atoms with Gasteiger partial charge in [0.15, 0.2) is 5.82 Å². The second kappa shape index (κ2) is 8.94. The van der Waals surface area contributed by atoms with Gasteiger partial charge in [-0.2, -0.15) is 4.98 Å². The average molecular weight is 380 g/mol. The minimum absolute atomic E-state index is 0.332. The summed E-state index contributed by atoms with van der Waals surface area (Å²) in [6.07, 6.45) is 2.00. The van der Waals surface area contributed by atoms with E-state index in [0.717, 1.165) is 18.5 Å². The maximum absolute atomic E-state index is 6.15. The first-order chi connectivity index (χ1) is 12.5. The fraction of sp³-hybridized carbons (Fsp3) is 0.474. The lowest BCUT2D eigenvalue weighted by Gasteiger charge is -2.20. The number of anilines is 1. The molecule has 0 saturated carbocycles. The Kier molecular flexibility index (Phi) is 6.91. The Bertz CT molecular complexity index is 739. The van der Waals surface area contributed by atoms with E-state index in [1.165, 1.54) is 0 Å². The molecular weight excluding hydrogens is 354 g/mol. The van der Waals surface area contributed by atoms with Crippen molar-refractivity contribution in [3.63, 3.8) is 0 Å². The van der Waals surface area contributed by atoms with Crippen LogP contribution < -0.4 is 19.5 Å². The molecule has 0 unspecified atom stereocenters. The van der Waals surface area contributed by atoms with Crippen LogP contribution in [0.15, 0.2) is 12.1 Å². The molecule has 0 atom stereocenters. The van der Waals surface area contributed by atoms with E-state index in [-0.39, 0.29) is 0 Å². The number of halogens is 1. The van der Waals surface area contributed by atoms with Crippen molar-refractivity contribution in [2.45, 2.75) is 39.7 Å². The summed E-state index contributed by atoms with van der Waals surface area (Å²) in [5.74, 6) is 2.19. The summed E-state index contributed by atoms with van der Waals surface area (Å²) in [6.45, 7) is 6.19. The molecule has 0 spiro atoms. The van der Waals surface area contributed by atoms with Crippen LogP contribution >= 0.6 is 11.6 Å². The van der Waals surface area contributed by atoms with E-state index in [1.807, 2.05) is 6.92 Å². The normalized spacial score (nSPS) is 10.8. The van der Waals surface area contributed by atoms with Gasteiger partial charge in [0, 0.05) is 11.1 Å². The quantitative estimate of drug-likeness (QED) is 0.715. The van der Waals surface area contributed by atoms with Crippen LogP contribution in [0.4, 0.5) is 5.82 Å². The smallest absolute Gasteiger partial charge is 0.242 e. The molecule has 0 bridgehead atoms. The molecule has 0 aliphatic heterocycles. The van der Waals surface area contributed by atoms with Crippen molar-refractivity contribution < 1.29 is 14.2 Å². The van der Waals surface area contributed by atoms with Crippen LogP contribution in [0.1, 0.15) is 32.4 Å². The molecule has 0 radical (unpaired) electrons. The lowest BCUT2D eigenvalue weighted by Crippen LogP contribution is -2.19. The molecule has 2 rings (SSSR count). The van der Waals surface area contributed by atoms with Gasteiger partial charge in [0.1, 0.15) is 17.2 Å². The predicted molar refractivity (Wildman–Crippen MR) is 105 cm³/mol. The van der Waals surface area contributed by atoms with Crippen LogP contribution in [0.5, 0.6) is 17.4 Å². The second-order valence-electron chi connectivity index (χ2n) is 5.86. The summed E-state index contributed by atoms with van der Waals surface area (Å²) in [6, 6.07) is 3.76. The summed E-state index contributed by atoms with van der Waals surface area (Å²) < 4.78 is 16.5. The number of hydrogen-bond donors (Lipinski definition) is 1. The van der Waals surface area contributed by atoms with Gasteiger partial charge in [-0.3, -0.25) is 0 Å². The molecule has 1 heterocycles. The molecule has 2 aromatic rings. The Morgan fingerprint density at radius 3 is 2.04 bits per heavy atom. The van der Waals surface area contributed by atoms with Crippen LogP contribution in [0.2, 0.25) is 5.02 Å². The van der Waals surface area contributed by atoms with Crippen LogP contribution in [-0.4, -0.2) is 37.3 Å². The molecule has 0 amide bonds. The lowest BCUT2D eigenvalue weighted by atomic mass is 10.1. The SMILES string of the molecule is CCC(CC)Nc1nc(OC)c(-c2c(OC)cc(Cl)cc2OC)nc1C. The molecule has 26 heavy (non-hydrogen) atoms. The molecule has 1 aromatic heterocycles. The summed E-state index contributed by atoms with van der Waals surface area (Å²) in [5, 5.41) is 3.94. The summed E-state index contributed by atoms with van der Waals surface area (Å²) in [4.78, 5) is 9.37. The second-order valence-corrected chi connectivity index (χ2v) is 6.30. The molecular formula is C19H26ClN3O3. The Hall–Kier alpha value is -2.21. The zero-order valence-electron chi connectivity index (χ0n) is 16.1. The summed E-state index contributed by atoms with van der Waals surface area (Å²) >= 11 is 6.15.